The average molecular weight is 424 g/mol. The fourth-order valence-corrected chi connectivity index (χ4v) is 2.64. The molecule has 0 amide bonds. The molecule has 0 fully saturated rings. The molecule has 1 nitrogen and oxygen atoms in total. The van der Waals surface area contributed by atoms with Gasteiger partial charge in [0, 0.05) is 7.11 Å². The Balaban J connectivity index is 3.21. The molecular weight excluding hydrogens is 403 g/mol. The van der Waals surface area contributed by atoms with E-state index in [2.05, 4.69) is 0 Å². The highest BCUT2D eigenvalue weighted by Gasteiger charge is 2.82. The van der Waals surface area contributed by atoms with Crippen LogP contribution in [0.3, 0.4) is 0 Å². The molecule has 0 spiro atoms. The summed E-state index contributed by atoms with van der Waals surface area (Å²) in [6, 6.07) is 5.65. The second-order valence-corrected chi connectivity index (χ2v) is 6.76. The molecule has 0 radical (unpaired) electrons. The first kappa shape index (κ1) is 24.6. The Morgan fingerprint density at radius 2 is 1.32 bits per heavy atom. The minimum atomic E-state index is -6.91. The lowest BCUT2D eigenvalue weighted by Crippen LogP contribution is -2.62. The highest BCUT2D eigenvalue weighted by Crippen LogP contribution is 2.56. The van der Waals surface area contributed by atoms with E-state index in [4.69, 9.17) is 4.74 Å². The van der Waals surface area contributed by atoms with Crippen molar-refractivity contribution in [2.45, 2.75) is 69.1 Å². The molecule has 10 heteroatoms. The number of aryl methyl sites for hydroxylation is 1. The Morgan fingerprint density at radius 1 is 0.821 bits per heavy atom. The molecule has 0 saturated heterocycles. The second-order valence-electron chi connectivity index (χ2n) is 6.76. The van der Waals surface area contributed by atoms with Gasteiger partial charge in [0.2, 0.25) is 0 Å². The van der Waals surface area contributed by atoms with Crippen molar-refractivity contribution in [3.63, 3.8) is 0 Å². The van der Waals surface area contributed by atoms with Crippen molar-refractivity contribution in [1.82, 2.24) is 0 Å². The van der Waals surface area contributed by atoms with E-state index in [1.165, 1.54) is 24.3 Å². The lowest BCUT2D eigenvalue weighted by molar-refractivity contribution is -0.400. The second kappa shape index (κ2) is 8.12. The molecule has 1 rings (SSSR count). The normalized spacial score (nSPS) is 16.1. The van der Waals surface area contributed by atoms with Gasteiger partial charge in [-0.15, -0.1) is 0 Å². The summed E-state index contributed by atoms with van der Waals surface area (Å²) in [5.41, 5.74) is -1.46. The largest absolute Gasteiger partial charge is 0.460 e. The Labute approximate surface area is 156 Å². The van der Waals surface area contributed by atoms with Crippen LogP contribution in [-0.4, -0.2) is 31.1 Å². The molecule has 1 aromatic rings. The van der Waals surface area contributed by atoms with Crippen LogP contribution in [0.2, 0.25) is 0 Å². The third-order valence-corrected chi connectivity index (χ3v) is 4.60. The Kier molecular flexibility index (Phi) is 7.13. The zero-order valence-electron chi connectivity index (χ0n) is 15.4. The van der Waals surface area contributed by atoms with Gasteiger partial charge < -0.3 is 4.74 Å². The summed E-state index contributed by atoms with van der Waals surface area (Å²) in [6.07, 6.45) is -6.51. The summed E-state index contributed by atoms with van der Waals surface area (Å²) in [5.74, 6) is -19.3. The van der Waals surface area contributed by atoms with Gasteiger partial charge in [0.15, 0.2) is 0 Å². The highest BCUT2D eigenvalue weighted by atomic mass is 19.4. The zero-order valence-corrected chi connectivity index (χ0v) is 15.4. The molecule has 0 aromatic heterocycles. The van der Waals surface area contributed by atoms with Gasteiger partial charge in [0.05, 0.1) is 12.0 Å². The van der Waals surface area contributed by atoms with Gasteiger partial charge in [-0.3, -0.25) is 0 Å². The van der Waals surface area contributed by atoms with Gasteiger partial charge in [-0.2, -0.15) is 39.5 Å². The third kappa shape index (κ3) is 4.58. The molecule has 1 unspecified atom stereocenters. The third-order valence-electron chi connectivity index (χ3n) is 4.60. The maximum atomic E-state index is 14.0. The van der Waals surface area contributed by atoms with Crippen LogP contribution in [-0.2, 0) is 16.8 Å². The van der Waals surface area contributed by atoms with Crippen molar-refractivity contribution < 1.29 is 44.3 Å². The van der Waals surface area contributed by atoms with Crippen molar-refractivity contribution >= 4 is 0 Å². The first-order chi connectivity index (χ1) is 12.6. The molecule has 0 aliphatic carbocycles. The first-order valence-electron chi connectivity index (χ1n) is 8.40. The SMILES string of the molecule is CCCCc1ccc(C(C)(CC(F)(F)C(F)(F)C(F)(F)C(F)(F)F)OC)cc1. The number of ether oxygens (including phenoxy) is 1. The maximum Gasteiger partial charge on any atom is 0.460 e. The Bertz CT molecular complexity index is 637. The van der Waals surface area contributed by atoms with Crippen LogP contribution in [0, 0.1) is 0 Å². The number of unbranched alkanes of at least 4 members (excludes halogenated alkanes) is 1. The number of hydrogen-bond acceptors (Lipinski definition) is 1. The van der Waals surface area contributed by atoms with E-state index in [9.17, 15) is 39.5 Å². The van der Waals surface area contributed by atoms with Gasteiger partial charge in [0.25, 0.3) is 0 Å². The van der Waals surface area contributed by atoms with Gasteiger partial charge in [-0.1, -0.05) is 37.6 Å². The van der Waals surface area contributed by atoms with E-state index >= 15 is 0 Å². The molecule has 0 aliphatic rings. The van der Waals surface area contributed by atoms with E-state index in [0.717, 1.165) is 32.4 Å². The van der Waals surface area contributed by atoms with Gasteiger partial charge >= 0.3 is 23.9 Å². The summed E-state index contributed by atoms with van der Waals surface area (Å²) in [6.45, 7) is 2.87. The lowest BCUT2D eigenvalue weighted by atomic mass is 9.85. The number of rotatable bonds is 9. The standard InChI is InChI=1S/C18H21F9O/c1-4-5-6-12-7-9-13(10-8-12)14(2,28-3)11-15(19,20)16(21,22)17(23,24)18(25,26)27/h7-10H,4-6,11H2,1-3H3. The topological polar surface area (TPSA) is 9.23 Å². The summed E-state index contributed by atoms with van der Waals surface area (Å²) >= 11 is 0. The fraction of sp³-hybridized carbons (Fsp3) is 0.667. The quantitative estimate of drug-likeness (QED) is 0.399. The minimum Gasteiger partial charge on any atom is -0.374 e. The zero-order chi connectivity index (χ0) is 22.0. The van der Waals surface area contributed by atoms with Crippen molar-refractivity contribution in [1.29, 1.82) is 0 Å². The fourth-order valence-electron chi connectivity index (χ4n) is 2.64. The molecule has 1 aromatic carbocycles. The van der Waals surface area contributed by atoms with Crippen LogP contribution in [0.4, 0.5) is 39.5 Å². The molecule has 28 heavy (non-hydrogen) atoms. The van der Waals surface area contributed by atoms with Gasteiger partial charge in [-0.05, 0) is 30.9 Å². The molecule has 162 valence electrons. The molecule has 0 bridgehead atoms. The monoisotopic (exact) mass is 424 g/mol. The Morgan fingerprint density at radius 3 is 1.71 bits per heavy atom. The van der Waals surface area contributed by atoms with E-state index in [-0.39, 0.29) is 5.56 Å². The summed E-state index contributed by atoms with van der Waals surface area (Å²) in [7, 11) is 0.876. The van der Waals surface area contributed by atoms with E-state index in [1.807, 2.05) is 6.92 Å². The van der Waals surface area contributed by atoms with E-state index < -0.39 is 36.0 Å². The van der Waals surface area contributed by atoms with Gasteiger partial charge in [-0.25, -0.2) is 0 Å². The molecule has 0 N–H and O–H groups in total. The predicted molar refractivity (Wildman–Crippen MR) is 84.9 cm³/mol. The van der Waals surface area contributed by atoms with Crippen LogP contribution in [0.15, 0.2) is 24.3 Å². The van der Waals surface area contributed by atoms with Crippen LogP contribution in [0.25, 0.3) is 0 Å². The predicted octanol–water partition coefficient (Wildman–Crippen LogP) is 6.75. The average Bonchev–Trinajstić information content (AvgIpc) is 2.58. The number of hydrogen-bond donors (Lipinski definition) is 0. The maximum absolute atomic E-state index is 14.0. The van der Waals surface area contributed by atoms with Crippen molar-refractivity contribution in [3.8, 4) is 0 Å². The smallest absolute Gasteiger partial charge is 0.374 e. The Hall–Kier alpha value is -1.45. The number of alkyl halides is 9. The molecule has 1 atom stereocenters. The minimum absolute atomic E-state index is 0.0546. The summed E-state index contributed by atoms with van der Waals surface area (Å²) < 4.78 is 123. The number of benzene rings is 1. The van der Waals surface area contributed by atoms with Crippen LogP contribution in [0.1, 0.15) is 44.2 Å². The molecule has 0 aliphatic heterocycles. The summed E-state index contributed by atoms with van der Waals surface area (Å²) in [5, 5.41) is 0. The first-order valence-corrected chi connectivity index (χ1v) is 8.40. The van der Waals surface area contributed by atoms with Crippen LogP contribution < -0.4 is 0 Å². The van der Waals surface area contributed by atoms with Crippen molar-refractivity contribution in [3.05, 3.63) is 35.4 Å². The molecule has 0 heterocycles. The van der Waals surface area contributed by atoms with Gasteiger partial charge in [0.1, 0.15) is 0 Å². The molecular formula is C18H21F9O. The van der Waals surface area contributed by atoms with Crippen molar-refractivity contribution in [2.75, 3.05) is 7.11 Å². The van der Waals surface area contributed by atoms with Crippen LogP contribution in [0.5, 0.6) is 0 Å². The molecule has 0 saturated carbocycles. The number of methoxy groups -OCH3 is 1. The number of halogens is 9. The summed E-state index contributed by atoms with van der Waals surface area (Å²) in [4.78, 5) is 0. The highest BCUT2D eigenvalue weighted by molar-refractivity contribution is 5.28. The van der Waals surface area contributed by atoms with Crippen molar-refractivity contribution in [2.24, 2.45) is 0 Å². The van der Waals surface area contributed by atoms with E-state index in [0.29, 0.717) is 6.42 Å². The van der Waals surface area contributed by atoms with Crippen LogP contribution >= 0.6 is 0 Å². The lowest BCUT2D eigenvalue weighted by Gasteiger charge is -2.38. The van der Waals surface area contributed by atoms with E-state index in [1.54, 1.807) is 0 Å².